The molecule has 1 aromatic rings. The highest BCUT2D eigenvalue weighted by molar-refractivity contribution is 5.88. The lowest BCUT2D eigenvalue weighted by molar-refractivity contribution is 0.181. The second-order valence-corrected chi connectivity index (χ2v) is 2.54. The molecule has 68 valence electrons. The number of rotatable bonds is 1. The number of nitrogen functional groups attached to an aromatic ring is 1. The van der Waals surface area contributed by atoms with E-state index in [2.05, 4.69) is 9.97 Å². The summed E-state index contributed by atoms with van der Waals surface area (Å²) in [5.41, 5.74) is 5.37. The van der Waals surface area contributed by atoms with Crippen molar-refractivity contribution < 1.29 is 9.53 Å². The summed E-state index contributed by atoms with van der Waals surface area (Å²) in [6.07, 6.45) is 1.11. The van der Waals surface area contributed by atoms with E-state index in [0.717, 1.165) is 0 Å². The summed E-state index contributed by atoms with van der Waals surface area (Å²) in [6, 6.07) is 1.61. The highest BCUT2D eigenvalue weighted by Gasteiger charge is 2.24. The first-order valence-electron chi connectivity index (χ1n) is 3.80. The Balaban J connectivity index is 2.29. The highest BCUT2D eigenvalue weighted by Crippen LogP contribution is 2.15. The molecule has 2 rings (SSSR count). The molecular weight excluding hydrogens is 172 g/mol. The number of hydrogen-bond donors (Lipinski definition) is 1. The second kappa shape index (κ2) is 2.89. The Kier molecular flexibility index (Phi) is 1.73. The third-order valence-electron chi connectivity index (χ3n) is 1.70. The predicted molar refractivity (Wildman–Crippen MR) is 45.1 cm³/mol. The maximum Gasteiger partial charge on any atom is 0.415 e. The molecule has 0 saturated carbocycles. The predicted octanol–water partition coefficient (Wildman–Crippen LogP) is 0.0154. The van der Waals surface area contributed by atoms with E-state index in [9.17, 15) is 4.79 Å². The number of carbonyl (C=O) groups is 1. The van der Waals surface area contributed by atoms with Crippen molar-refractivity contribution in [2.24, 2.45) is 0 Å². The van der Waals surface area contributed by atoms with Crippen LogP contribution in [0.25, 0.3) is 0 Å². The number of nitrogens with zero attached hydrogens (tertiary/aromatic N) is 3. The van der Waals surface area contributed by atoms with Crippen LogP contribution in [0.3, 0.4) is 0 Å². The van der Waals surface area contributed by atoms with Crippen molar-refractivity contribution in [3.63, 3.8) is 0 Å². The molecule has 0 bridgehead atoms. The van der Waals surface area contributed by atoms with E-state index < -0.39 is 6.09 Å². The number of nitrogens with two attached hydrogens (primary N) is 1. The van der Waals surface area contributed by atoms with Gasteiger partial charge in [-0.1, -0.05) is 0 Å². The van der Waals surface area contributed by atoms with E-state index in [-0.39, 0.29) is 5.95 Å². The third kappa shape index (κ3) is 1.37. The van der Waals surface area contributed by atoms with Crippen molar-refractivity contribution >= 4 is 17.9 Å². The molecule has 6 heteroatoms. The molecule has 1 saturated heterocycles. The number of anilines is 2. The molecule has 13 heavy (non-hydrogen) atoms. The molecule has 1 fully saturated rings. The minimum atomic E-state index is -0.391. The van der Waals surface area contributed by atoms with Crippen LogP contribution in [-0.4, -0.2) is 29.2 Å². The van der Waals surface area contributed by atoms with E-state index in [1.54, 1.807) is 6.07 Å². The van der Waals surface area contributed by atoms with Crippen LogP contribution in [0.1, 0.15) is 0 Å². The maximum atomic E-state index is 11.1. The number of ether oxygens (including phenoxy) is 1. The normalized spacial score (nSPS) is 16.0. The van der Waals surface area contributed by atoms with Gasteiger partial charge in [-0.2, -0.15) is 4.98 Å². The molecule has 2 N–H and O–H groups in total. The van der Waals surface area contributed by atoms with Crippen molar-refractivity contribution in [3.05, 3.63) is 12.3 Å². The molecule has 1 aliphatic rings. The van der Waals surface area contributed by atoms with Crippen molar-refractivity contribution in [3.8, 4) is 0 Å². The molecular formula is C7H8N4O2. The molecule has 1 aromatic heterocycles. The average Bonchev–Trinajstić information content (AvgIpc) is 2.51. The van der Waals surface area contributed by atoms with E-state index in [0.29, 0.717) is 19.0 Å². The quantitative estimate of drug-likeness (QED) is 0.658. The summed E-state index contributed by atoms with van der Waals surface area (Å²) in [6.45, 7) is 0.901. The summed E-state index contributed by atoms with van der Waals surface area (Å²) >= 11 is 0. The SMILES string of the molecule is Nc1nccc(N2CCOC2=O)n1. The van der Waals surface area contributed by atoms with E-state index >= 15 is 0 Å². The zero-order chi connectivity index (χ0) is 9.26. The second-order valence-electron chi connectivity index (χ2n) is 2.54. The van der Waals surface area contributed by atoms with Gasteiger partial charge < -0.3 is 10.5 Å². The Morgan fingerprint density at radius 1 is 1.62 bits per heavy atom. The Morgan fingerprint density at radius 3 is 3.08 bits per heavy atom. The topological polar surface area (TPSA) is 81.3 Å². The smallest absolute Gasteiger partial charge is 0.415 e. The largest absolute Gasteiger partial charge is 0.447 e. The number of aromatic nitrogens is 2. The van der Waals surface area contributed by atoms with Crippen LogP contribution >= 0.6 is 0 Å². The Labute approximate surface area is 74.3 Å². The number of carbonyl (C=O) groups excluding carboxylic acids is 1. The van der Waals surface area contributed by atoms with Crippen molar-refractivity contribution in [1.82, 2.24) is 9.97 Å². The lowest BCUT2D eigenvalue weighted by Crippen LogP contribution is -2.24. The van der Waals surface area contributed by atoms with Crippen molar-refractivity contribution in [2.75, 3.05) is 23.8 Å². The summed E-state index contributed by atoms with van der Waals surface area (Å²) in [7, 11) is 0. The molecule has 0 unspecified atom stereocenters. The van der Waals surface area contributed by atoms with Crippen molar-refractivity contribution in [2.45, 2.75) is 0 Å². The van der Waals surface area contributed by atoms with E-state index in [1.165, 1.54) is 11.1 Å². The molecule has 1 aliphatic heterocycles. The first kappa shape index (κ1) is 7.78. The van der Waals surface area contributed by atoms with E-state index in [1.807, 2.05) is 0 Å². The Hall–Kier alpha value is -1.85. The molecule has 0 radical (unpaired) electrons. The fourth-order valence-electron chi connectivity index (χ4n) is 1.12. The number of cyclic esters (lactones) is 1. The minimum absolute atomic E-state index is 0.150. The minimum Gasteiger partial charge on any atom is -0.447 e. The van der Waals surface area contributed by atoms with Gasteiger partial charge in [0.2, 0.25) is 5.95 Å². The molecule has 6 nitrogen and oxygen atoms in total. The fourth-order valence-corrected chi connectivity index (χ4v) is 1.12. The summed E-state index contributed by atoms with van der Waals surface area (Å²) < 4.78 is 4.75. The van der Waals surface area contributed by atoms with Crippen LogP contribution < -0.4 is 10.6 Å². The van der Waals surface area contributed by atoms with Gasteiger partial charge in [0, 0.05) is 6.20 Å². The number of hydrogen-bond acceptors (Lipinski definition) is 5. The highest BCUT2D eigenvalue weighted by atomic mass is 16.6. The molecule has 0 spiro atoms. The third-order valence-corrected chi connectivity index (χ3v) is 1.70. The summed E-state index contributed by atoms with van der Waals surface area (Å²) in [4.78, 5) is 20.1. The van der Waals surface area contributed by atoms with Crippen LogP contribution in [0.2, 0.25) is 0 Å². The van der Waals surface area contributed by atoms with Gasteiger partial charge in [-0.05, 0) is 6.07 Å². The van der Waals surface area contributed by atoms with Gasteiger partial charge in [-0.15, -0.1) is 0 Å². The van der Waals surface area contributed by atoms with Gasteiger partial charge in [0.25, 0.3) is 0 Å². The zero-order valence-corrected chi connectivity index (χ0v) is 6.80. The maximum absolute atomic E-state index is 11.1. The summed E-state index contributed by atoms with van der Waals surface area (Å²) in [5.74, 6) is 0.632. The zero-order valence-electron chi connectivity index (χ0n) is 6.80. The Morgan fingerprint density at radius 2 is 2.46 bits per heavy atom. The molecule has 0 atom stereocenters. The van der Waals surface area contributed by atoms with Crippen LogP contribution in [0.15, 0.2) is 12.3 Å². The molecule has 2 heterocycles. The first-order chi connectivity index (χ1) is 6.27. The lowest BCUT2D eigenvalue weighted by Gasteiger charge is -2.10. The monoisotopic (exact) mass is 180 g/mol. The number of amides is 1. The van der Waals surface area contributed by atoms with E-state index in [4.69, 9.17) is 10.5 Å². The fraction of sp³-hybridized carbons (Fsp3) is 0.286. The summed E-state index contributed by atoms with van der Waals surface area (Å²) in [5, 5.41) is 0. The van der Waals surface area contributed by atoms with Gasteiger partial charge in [-0.25, -0.2) is 9.78 Å². The van der Waals surface area contributed by atoms with Crippen LogP contribution in [0, 0.1) is 0 Å². The molecule has 0 aromatic carbocycles. The van der Waals surface area contributed by atoms with Crippen LogP contribution in [-0.2, 0) is 4.74 Å². The van der Waals surface area contributed by atoms with Crippen LogP contribution in [0.5, 0.6) is 0 Å². The molecule has 0 aliphatic carbocycles. The van der Waals surface area contributed by atoms with Crippen LogP contribution in [0.4, 0.5) is 16.6 Å². The van der Waals surface area contributed by atoms with Gasteiger partial charge in [0.1, 0.15) is 12.4 Å². The van der Waals surface area contributed by atoms with Gasteiger partial charge in [0.15, 0.2) is 0 Å². The lowest BCUT2D eigenvalue weighted by atomic mass is 10.5. The average molecular weight is 180 g/mol. The van der Waals surface area contributed by atoms with Gasteiger partial charge in [-0.3, -0.25) is 4.90 Å². The first-order valence-corrected chi connectivity index (χ1v) is 3.80. The van der Waals surface area contributed by atoms with Gasteiger partial charge in [0.05, 0.1) is 6.54 Å². The standard InChI is InChI=1S/C7H8N4O2/c8-6-9-2-1-5(10-6)11-3-4-13-7(11)12/h1-2H,3-4H2,(H2,8,9,10). The van der Waals surface area contributed by atoms with Crippen molar-refractivity contribution in [1.29, 1.82) is 0 Å². The Bertz CT molecular complexity index is 341. The molecule has 1 amide bonds. The van der Waals surface area contributed by atoms with Gasteiger partial charge >= 0.3 is 6.09 Å².